The fraction of sp³-hybridized carbons (Fsp3) is 0.667. The average molecular weight is 334 g/mol. The molecule has 24 heavy (non-hydrogen) atoms. The number of hydrogen-bond acceptors (Lipinski definition) is 6. The van der Waals surface area contributed by atoms with E-state index in [4.69, 9.17) is 14.2 Å². The Balaban J connectivity index is 1.64. The van der Waals surface area contributed by atoms with Gasteiger partial charge in [0.15, 0.2) is 0 Å². The Hall–Kier alpha value is -1.82. The maximum absolute atomic E-state index is 11.8. The number of esters is 1. The molecule has 132 valence electrons. The highest BCUT2D eigenvalue weighted by atomic mass is 16.5. The molecule has 2 aliphatic heterocycles. The summed E-state index contributed by atoms with van der Waals surface area (Å²) in [5.74, 6) is 1.90. The second-order valence-electron chi connectivity index (χ2n) is 6.41. The van der Waals surface area contributed by atoms with Crippen LogP contribution in [0.5, 0.6) is 11.6 Å². The van der Waals surface area contributed by atoms with E-state index in [-0.39, 0.29) is 11.9 Å². The van der Waals surface area contributed by atoms with Crippen molar-refractivity contribution in [3.63, 3.8) is 0 Å². The van der Waals surface area contributed by atoms with Gasteiger partial charge >= 0.3 is 5.97 Å². The maximum atomic E-state index is 11.8. The van der Waals surface area contributed by atoms with Crippen LogP contribution in [0.25, 0.3) is 0 Å². The molecule has 3 rings (SSSR count). The molecule has 0 bridgehead atoms. The molecule has 1 atom stereocenters. The summed E-state index contributed by atoms with van der Waals surface area (Å²) in [6.07, 6.45) is 5.18. The van der Waals surface area contributed by atoms with Crippen LogP contribution in [0.15, 0.2) is 12.3 Å². The number of hydrogen-bond donors (Lipinski definition) is 1. The number of nitrogens with one attached hydrogen (secondary N) is 1. The van der Waals surface area contributed by atoms with Crippen molar-refractivity contribution in [1.82, 2.24) is 10.3 Å². The van der Waals surface area contributed by atoms with Crippen molar-refractivity contribution in [2.24, 2.45) is 5.92 Å². The largest absolute Gasteiger partial charge is 0.492 e. The Morgan fingerprint density at radius 3 is 3.00 bits per heavy atom. The molecular weight excluding hydrogens is 308 g/mol. The van der Waals surface area contributed by atoms with Crippen LogP contribution in [-0.4, -0.2) is 43.9 Å². The number of carbonyl (C=O) groups excluding carboxylic acids is 1. The zero-order chi connectivity index (χ0) is 16.8. The highest BCUT2D eigenvalue weighted by molar-refractivity contribution is 5.71. The predicted molar refractivity (Wildman–Crippen MR) is 89.4 cm³/mol. The van der Waals surface area contributed by atoms with Crippen LogP contribution in [-0.2, 0) is 9.53 Å². The SMILES string of the molecule is CCOC(=O)CC1CCOc2cnc(OCC3CCNCC3)cc21. The van der Waals surface area contributed by atoms with Gasteiger partial charge in [-0.2, -0.15) is 0 Å². The third-order valence-corrected chi connectivity index (χ3v) is 4.68. The van der Waals surface area contributed by atoms with E-state index in [2.05, 4.69) is 10.3 Å². The van der Waals surface area contributed by atoms with Gasteiger partial charge in [0.1, 0.15) is 5.75 Å². The predicted octanol–water partition coefficient (Wildman–Crippen LogP) is 2.28. The zero-order valence-corrected chi connectivity index (χ0v) is 14.3. The van der Waals surface area contributed by atoms with Crippen molar-refractivity contribution >= 4 is 5.97 Å². The van der Waals surface area contributed by atoms with E-state index >= 15 is 0 Å². The Morgan fingerprint density at radius 2 is 2.21 bits per heavy atom. The first-order valence-electron chi connectivity index (χ1n) is 8.88. The molecule has 2 aliphatic rings. The van der Waals surface area contributed by atoms with Gasteiger partial charge in [0.2, 0.25) is 5.88 Å². The van der Waals surface area contributed by atoms with Crippen LogP contribution in [0.3, 0.4) is 0 Å². The lowest BCUT2D eigenvalue weighted by Crippen LogP contribution is -2.30. The second kappa shape index (κ2) is 8.33. The zero-order valence-electron chi connectivity index (χ0n) is 14.3. The fourth-order valence-corrected chi connectivity index (χ4v) is 3.31. The van der Waals surface area contributed by atoms with E-state index in [1.807, 2.05) is 13.0 Å². The number of pyridine rings is 1. The van der Waals surface area contributed by atoms with Gasteiger partial charge in [0.25, 0.3) is 0 Å². The molecule has 0 amide bonds. The van der Waals surface area contributed by atoms with Crippen LogP contribution >= 0.6 is 0 Å². The minimum absolute atomic E-state index is 0.108. The lowest BCUT2D eigenvalue weighted by molar-refractivity contribution is -0.143. The van der Waals surface area contributed by atoms with Gasteiger partial charge in [0.05, 0.1) is 32.4 Å². The van der Waals surface area contributed by atoms with Gasteiger partial charge in [0, 0.05) is 17.5 Å². The van der Waals surface area contributed by atoms with Gasteiger partial charge in [-0.25, -0.2) is 4.98 Å². The van der Waals surface area contributed by atoms with E-state index in [1.165, 1.54) is 0 Å². The fourth-order valence-electron chi connectivity index (χ4n) is 3.31. The summed E-state index contributed by atoms with van der Waals surface area (Å²) in [6, 6.07) is 1.93. The number of nitrogens with zero attached hydrogens (tertiary/aromatic N) is 1. The third kappa shape index (κ3) is 4.38. The van der Waals surface area contributed by atoms with Crippen LogP contribution in [0.1, 0.15) is 44.1 Å². The standard InChI is InChI=1S/C18H26N2O4/c1-2-22-18(21)9-14-5-8-23-16-11-20-17(10-15(14)16)24-12-13-3-6-19-7-4-13/h10-11,13-14,19H,2-9,12H2,1H3. The van der Waals surface area contributed by atoms with E-state index in [0.29, 0.717) is 38.0 Å². The minimum Gasteiger partial charge on any atom is -0.492 e. The number of rotatable bonds is 6. The van der Waals surface area contributed by atoms with Crippen LogP contribution in [0.2, 0.25) is 0 Å². The molecule has 0 saturated carbocycles. The van der Waals surface area contributed by atoms with Gasteiger partial charge < -0.3 is 19.5 Å². The molecule has 6 heteroatoms. The molecule has 1 saturated heterocycles. The van der Waals surface area contributed by atoms with E-state index in [0.717, 1.165) is 43.7 Å². The topological polar surface area (TPSA) is 69.7 Å². The van der Waals surface area contributed by atoms with Gasteiger partial charge in [-0.3, -0.25) is 4.79 Å². The lowest BCUT2D eigenvalue weighted by Gasteiger charge is -2.26. The smallest absolute Gasteiger partial charge is 0.306 e. The lowest BCUT2D eigenvalue weighted by atomic mass is 9.91. The molecular formula is C18H26N2O4. The van der Waals surface area contributed by atoms with Crippen LogP contribution in [0, 0.1) is 5.92 Å². The first-order chi connectivity index (χ1) is 11.8. The monoisotopic (exact) mass is 334 g/mol. The van der Waals surface area contributed by atoms with Gasteiger partial charge in [-0.15, -0.1) is 0 Å². The summed E-state index contributed by atoms with van der Waals surface area (Å²) in [6.45, 7) is 5.65. The molecule has 1 aromatic rings. The Labute approximate surface area is 142 Å². The summed E-state index contributed by atoms with van der Waals surface area (Å²) in [4.78, 5) is 16.2. The van der Waals surface area contributed by atoms with Crippen molar-refractivity contribution < 1.29 is 19.0 Å². The van der Waals surface area contributed by atoms with Crippen molar-refractivity contribution in [1.29, 1.82) is 0 Å². The second-order valence-corrected chi connectivity index (χ2v) is 6.41. The molecule has 3 heterocycles. The highest BCUT2D eigenvalue weighted by Crippen LogP contribution is 2.37. The minimum atomic E-state index is -0.163. The molecule has 6 nitrogen and oxygen atoms in total. The Morgan fingerprint density at radius 1 is 1.38 bits per heavy atom. The average Bonchev–Trinajstić information content (AvgIpc) is 2.61. The summed E-state index contributed by atoms with van der Waals surface area (Å²) in [7, 11) is 0. The van der Waals surface area contributed by atoms with Crippen molar-refractivity contribution in [3.8, 4) is 11.6 Å². The maximum Gasteiger partial charge on any atom is 0.306 e. The first kappa shape index (κ1) is 17.0. The molecule has 1 N–H and O–H groups in total. The molecule has 1 aromatic heterocycles. The highest BCUT2D eigenvalue weighted by Gasteiger charge is 2.26. The van der Waals surface area contributed by atoms with E-state index in [1.54, 1.807) is 6.20 Å². The number of aromatic nitrogens is 1. The summed E-state index contributed by atoms with van der Waals surface area (Å²) in [5, 5.41) is 3.36. The molecule has 0 aromatic carbocycles. The van der Waals surface area contributed by atoms with Crippen molar-refractivity contribution in [2.45, 2.75) is 38.5 Å². The summed E-state index contributed by atoms with van der Waals surface area (Å²) < 4.78 is 16.7. The quantitative estimate of drug-likeness (QED) is 0.805. The molecule has 0 spiro atoms. The first-order valence-corrected chi connectivity index (χ1v) is 8.88. The van der Waals surface area contributed by atoms with Crippen LogP contribution in [0.4, 0.5) is 0 Å². The Bertz CT molecular complexity index is 558. The molecule has 1 fully saturated rings. The Kier molecular flexibility index (Phi) is 5.91. The molecule has 1 unspecified atom stereocenters. The number of carbonyl (C=O) groups is 1. The summed E-state index contributed by atoms with van der Waals surface area (Å²) >= 11 is 0. The molecule has 0 aliphatic carbocycles. The third-order valence-electron chi connectivity index (χ3n) is 4.68. The van der Waals surface area contributed by atoms with E-state index < -0.39 is 0 Å². The van der Waals surface area contributed by atoms with Gasteiger partial charge in [-0.05, 0) is 45.2 Å². The molecule has 0 radical (unpaired) electrons. The number of piperidine rings is 1. The number of fused-ring (bicyclic) bond motifs is 1. The van der Waals surface area contributed by atoms with Crippen molar-refractivity contribution in [3.05, 3.63) is 17.8 Å². The number of ether oxygens (including phenoxy) is 3. The summed E-state index contributed by atoms with van der Waals surface area (Å²) in [5.41, 5.74) is 1.00. The van der Waals surface area contributed by atoms with Gasteiger partial charge in [-0.1, -0.05) is 0 Å². The van der Waals surface area contributed by atoms with Crippen molar-refractivity contribution in [2.75, 3.05) is 32.9 Å². The van der Waals surface area contributed by atoms with Crippen LogP contribution < -0.4 is 14.8 Å². The van der Waals surface area contributed by atoms with E-state index in [9.17, 15) is 4.79 Å². The normalized spacial score (nSPS) is 20.8.